The molecule has 0 spiro atoms. The lowest BCUT2D eigenvalue weighted by Gasteiger charge is -2.34. The van der Waals surface area contributed by atoms with Crippen LogP contribution in [0.4, 0.5) is 9.80 Å². The molecule has 0 radical (unpaired) electrons. The van der Waals surface area contributed by atoms with Gasteiger partial charge in [0.25, 0.3) is 0 Å². The number of amides is 2. The van der Waals surface area contributed by atoms with Gasteiger partial charge >= 0.3 is 12.0 Å². The highest BCUT2D eigenvalue weighted by molar-refractivity contribution is 7.16. The van der Waals surface area contributed by atoms with Gasteiger partial charge in [-0.15, -0.1) is 11.3 Å². The van der Waals surface area contributed by atoms with E-state index in [4.69, 9.17) is 4.74 Å². The van der Waals surface area contributed by atoms with E-state index in [1.807, 2.05) is 13.8 Å². The van der Waals surface area contributed by atoms with Gasteiger partial charge in [0.15, 0.2) is 0 Å². The van der Waals surface area contributed by atoms with Crippen molar-refractivity contribution >= 4 is 28.3 Å². The monoisotopic (exact) mass is 312 g/mol. The molecule has 0 bridgehead atoms. The molecule has 116 valence electrons. The van der Waals surface area contributed by atoms with E-state index < -0.39 is 5.97 Å². The van der Waals surface area contributed by atoms with Gasteiger partial charge in [-0.1, -0.05) is 6.92 Å². The Hall–Kier alpha value is -1.60. The number of carboxylic acids is 1. The van der Waals surface area contributed by atoms with Gasteiger partial charge in [0.2, 0.25) is 0 Å². The molecule has 1 saturated heterocycles. The lowest BCUT2D eigenvalue weighted by atomic mass is 10.1. The van der Waals surface area contributed by atoms with Crippen molar-refractivity contribution in [2.24, 2.45) is 0 Å². The number of aryl methyl sites for hydroxylation is 1. The smallest absolute Gasteiger partial charge is 0.338 e. The number of thiophene rings is 1. The van der Waals surface area contributed by atoms with Crippen LogP contribution in [-0.4, -0.2) is 47.8 Å². The Bertz CT molecular complexity index is 555. The van der Waals surface area contributed by atoms with Gasteiger partial charge in [0.1, 0.15) is 5.00 Å². The number of rotatable bonds is 3. The zero-order valence-electron chi connectivity index (χ0n) is 12.4. The van der Waals surface area contributed by atoms with E-state index >= 15 is 0 Å². The van der Waals surface area contributed by atoms with Crippen molar-refractivity contribution in [3.63, 3.8) is 0 Å². The standard InChI is InChI=1S/C14H20N2O4S/c1-4-10-7-20-6-5-16(10)14(19)15-12-11(13(17)18)8(2)9(3)21-12/h10H,4-7H2,1-3H3,(H,15,19)(H,17,18). The summed E-state index contributed by atoms with van der Waals surface area (Å²) in [7, 11) is 0. The number of ether oxygens (including phenoxy) is 1. The normalized spacial score (nSPS) is 18.6. The molecule has 21 heavy (non-hydrogen) atoms. The van der Waals surface area contributed by atoms with Crippen LogP contribution in [-0.2, 0) is 4.74 Å². The molecule has 1 atom stereocenters. The molecule has 1 aliphatic rings. The first-order valence-electron chi connectivity index (χ1n) is 6.94. The topological polar surface area (TPSA) is 78.9 Å². The van der Waals surface area contributed by atoms with E-state index in [0.29, 0.717) is 30.3 Å². The lowest BCUT2D eigenvalue weighted by molar-refractivity contribution is 0.0144. The first kappa shape index (κ1) is 15.8. The first-order chi connectivity index (χ1) is 9.95. The fraction of sp³-hybridized carbons (Fsp3) is 0.571. The summed E-state index contributed by atoms with van der Waals surface area (Å²) in [6.45, 7) is 7.18. The zero-order chi connectivity index (χ0) is 15.6. The summed E-state index contributed by atoms with van der Waals surface area (Å²) in [5.74, 6) is -1.01. The molecule has 1 aliphatic heterocycles. The van der Waals surface area contributed by atoms with Gasteiger partial charge in [0, 0.05) is 11.4 Å². The van der Waals surface area contributed by atoms with Crippen LogP contribution in [0.3, 0.4) is 0 Å². The second kappa shape index (κ2) is 6.44. The van der Waals surface area contributed by atoms with Crippen molar-refractivity contribution in [3.8, 4) is 0 Å². The Morgan fingerprint density at radius 1 is 1.48 bits per heavy atom. The molecular weight excluding hydrogens is 292 g/mol. The van der Waals surface area contributed by atoms with Gasteiger partial charge in [-0.05, 0) is 25.8 Å². The number of urea groups is 1. The third-order valence-corrected chi connectivity index (χ3v) is 4.90. The molecule has 1 fully saturated rings. The third kappa shape index (κ3) is 3.19. The number of hydrogen-bond acceptors (Lipinski definition) is 4. The van der Waals surface area contributed by atoms with E-state index in [1.54, 1.807) is 11.8 Å². The maximum absolute atomic E-state index is 12.4. The van der Waals surface area contributed by atoms with Crippen molar-refractivity contribution < 1.29 is 19.4 Å². The Balaban J connectivity index is 2.19. The van der Waals surface area contributed by atoms with Crippen LogP contribution in [0, 0.1) is 13.8 Å². The molecule has 6 nitrogen and oxygen atoms in total. The second-order valence-corrected chi connectivity index (χ2v) is 6.28. The number of aromatic carboxylic acids is 1. The predicted octanol–water partition coefficient (Wildman–Crippen LogP) is 2.71. The largest absolute Gasteiger partial charge is 0.478 e. The predicted molar refractivity (Wildman–Crippen MR) is 81.4 cm³/mol. The minimum absolute atomic E-state index is 0.0363. The number of carbonyl (C=O) groups is 2. The van der Waals surface area contributed by atoms with Crippen LogP contribution in [0.1, 0.15) is 34.1 Å². The Morgan fingerprint density at radius 2 is 2.19 bits per heavy atom. The minimum atomic E-state index is -1.01. The number of morpholine rings is 1. The third-order valence-electron chi connectivity index (χ3n) is 3.78. The van der Waals surface area contributed by atoms with Crippen molar-refractivity contribution in [2.45, 2.75) is 33.2 Å². The van der Waals surface area contributed by atoms with Crippen molar-refractivity contribution in [3.05, 3.63) is 16.0 Å². The molecule has 0 aliphatic carbocycles. The van der Waals surface area contributed by atoms with E-state index in [9.17, 15) is 14.7 Å². The molecule has 0 aromatic carbocycles. The summed E-state index contributed by atoms with van der Waals surface area (Å²) < 4.78 is 5.38. The van der Waals surface area contributed by atoms with Gasteiger partial charge in [0.05, 0.1) is 24.8 Å². The fourth-order valence-corrected chi connectivity index (χ4v) is 3.44. The maximum atomic E-state index is 12.4. The molecule has 2 N–H and O–H groups in total. The molecule has 1 aromatic heterocycles. The number of carboxylic acid groups (broad SMARTS) is 1. The van der Waals surface area contributed by atoms with Crippen molar-refractivity contribution in [1.82, 2.24) is 4.90 Å². The van der Waals surface area contributed by atoms with E-state index in [0.717, 1.165) is 11.3 Å². The van der Waals surface area contributed by atoms with Gasteiger partial charge in [-0.2, -0.15) is 0 Å². The second-order valence-electron chi connectivity index (χ2n) is 5.05. The Kier molecular flexibility index (Phi) is 4.84. The average Bonchev–Trinajstić information content (AvgIpc) is 2.73. The quantitative estimate of drug-likeness (QED) is 0.899. The van der Waals surface area contributed by atoms with Crippen LogP contribution in [0.2, 0.25) is 0 Å². The van der Waals surface area contributed by atoms with Crippen LogP contribution >= 0.6 is 11.3 Å². The number of carbonyl (C=O) groups excluding carboxylic acids is 1. The minimum Gasteiger partial charge on any atom is -0.478 e. The fourth-order valence-electron chi connectivity index (χ4n) is 2.40. The summed E-state index contributed by atoms with van der Waals surface area (Å²) in [5.41, 5.74) is 0.893. The molecule has 2 amide bonds. The molecule has 2 rings (SSSR count). The summed E-state index contributed by atoms with van der Waals surface area (Å²) >= 11 is 1.30. The highest BCUT2D eigenvalue weighted by Crippen LogP contribution is 2.32. The van der Waals surface area contributed by atoms with Gasteiger partial charge in [-0.3, -0.25) is 5.32 Å². The zero-order valence-corrected chi connectivity index (χ0v) is 13.2. The molecule has 2 heterocycles. The number of nitrogens with zero attached hydrogens (tertiary/aromatic N) is 1. The molecule has 7 heteroatoms. The average molecular weight is 312 g/mol. The highest BCUT2D eigenvalue weighted by Gasteiger charge is 2.28. The SMILES string of the molecule is CCC1COCCN1C(=O)Nc1sc(C)c(C)c1C(=O)O. The summed E-state index contributed by atoms with van der Waals surface area (Å²) in [6.07, 6.45) is 0.807. The summed E-state index contributed by atoms with van der Waals surface area (Å²) in [4.78, 5) is 26.4. The van der Waals surface area contributed by atoms with Crippen LogP contribution in [0.25, 0.3) is 0 Å². The Labute approximate surface area is 127 Å². The van der Waals surface area contributed by atoms with Crippen molar-refractivity contribution in [2.75, 3.05) is 25.1 Å². The van der Waals surface area contributed by atoms with Crippen LogP contribution in [0.15, 0.2) is 0 Å². The molecule has 1 aromatic rings. The van der Waals surface area contributed by atoms with Crippen molar-refractivity contribution in [1.29, 1.82) is 0 Å². The van der Waals surface area contributed by atoms with Gasteiger partial charge < -0.3 is 14.7 Å². The van der Waals surface area contributed by atoms with E-state index in [2.05, 4.69) is 5.32 Å². The van der Waals surface area contributed by atoms with E-state index in [-0.39, 0.29) is 17.6 Å². The van der Waals surface area contributed by atoms with E-state index in [1.165, 1.54) is 11.3 Å². The molecular formula is C14H20N2O4S. The first-order valence-corrected chi connectivity index (χ1v) is 7.76. The Morgan fingerprint density at radius 3 is 2.81 bits per heavy atom. The lowest BCUT2D eigenvalue weighted by Crippen LogP contribution is -2.50. The molecule has 1 unspecified atom stereocenters. The molecule has 0 saturated carbocycles. The maximum Gasteiger partial charge on any atom is 0.338 e. The number of nitrogens with one attached hydrogen (secondary N) is 1. The number of hydrogen-bond donors (Lipinski definition) is 2. The summed E-state index contributed by atoms with van der Waals surface area (Å²) in [6, 6.07) is -0.219. The van der Waals surface area contributed by atoms with Crippen LogP contribution < -0.4 is 5.32 Å². The highest BCUT2D eigenvalue weighted by atomic mass is 32.1. The number of anilines is 1. The van der Waals surface area contributed by atoms with Crippen LogP contribution in [0.5, 0.6) is 0 Å². The van der Waals surface area contributed by atoms with Gasteiger partial charge in [-0.25, -0.2) is 9.59 Å². The summed E-state index contributed by atoms with van der Waals surface area (Å²) in [5, 5.41) is 12.5.